The molecule has 170 valence electrons. The first kappa shape index (κ1) is 22.4. The molecular formula is C23H23F2N7O. The van der Waals surface area contributed by atoms with Gasteiger partial charge in [-0.25, -0.2) is 13.8 Å². The number of nitriles is 1. The minimum Gasteiger partial charge on any atom is -0.368 e. The van der Waals surface area contributed by atoms with Gasteiger partial charge in [0.2, 0.25) is 0 Å². The van der Waals surface area contributed by atoms with E-state index in [2.05, 4.69) is 15.4 Å². The lowest BCUT2D eigenvalue weighted by Crippen LogP contribution is -2.39. The molecule has 8 nitrogen and oxygen atoms in total. The first-order valence-corrected chi connectivity index (χ1v) is 10.4. The molecule has 2 aromatic heterocycles. The minimum atomic E-state index is -0.795. The van der Waals surface area contributed by atoms with Gasteiger partial charge in [-0.3, -0.25) is 9.48 Å². The molecule has 10 heteroatoms. The fourth-order valence-corrected chi connectivity index (χ4v) is 4.07. The number of carbonyl (C=O) groups excluding carboxylic acids is 1. The number of halogens is 2. The molecule has 1 aliphatic heterocycles. The summed E-state index contributed by atoms with van der Waals surface area (Å²) in [5.74, 6) is -2.03. The third-order valence-electron chi connectivity index (χ3n) is 5.73. The topological polar surface area (TPSA) is 113 Å². The summed E-state index contributed by atoms with van der Waals surface area (Å²) in [6, 6.07) is 6.76. The van der Waals surface area contributed by atoms with Crippen LogP contribution in [0.2, 0.25) is 0 Å². The normalized spacial score (nSPS) is 17.8. The van der Waals surface area contributed by atoms with Gasteiger partial charge in [-0.1, -0.05) is 0 Å². The van der Waals surface area contributed by atoms with Crippen molar-refractivity contribution in [2.75, 3.05) is 18.0 Å². The van der Waals surface area contributed by atoms with E-state index >= 15 is 0 Å². The first-order chi connectivity index (χ1) is 15.7. The summed E-state index contributed by atoms with van der Waals surface area (Å²) in [6.07, 6.45) is 3.58. The Morgan fingerprint density at radius 3 is 2.64 bits per heavy atom. The molecule has 1 fully saturated rings. The number of nitrogens with two attached hydrogens (primary N) is 1. The Morgan fingerprint density at radius 2 is 2.06 bits per heavy atom. The predicted molar refractivity (Wildman–Crippen MR) is 118 cm³/mol. The fourth-order valence-electron chi connectivity index (χ4n) is 4.07. The maximum Gasteiger partial charge on any atom is 0.255 e. The van der Waals surface area contributed by atoms with Crippen molar-refractivity contribution in [2.45, 2.75) is 25.4 Å². The van der Waals surface area contributed by atoms with E-state index in [1.165, 1.54) is 6.20 Å². The number of hydrogen-bond donors (Lipinski definition) is 2. The number of rotatable bonds is 5. The van der Waals surface area contributed by atoms with Gasteiger partial charge in [0.1, 0.15) is 23.4 Å². The second kappa shape index (κ2) is 8.60. The van der Waals surface area contributed by atoms with Gasteiger partial charge in [0, 0.05) is 49.7 Å². The molecule has 0 unspecified atom stereocenters. The van der Waals surface area contributed by atoms with Crippen LogP contribution in [0.25, 0.3) is 11.1 Å². The van der Waals surface area contributed by atoms with Crippen molar-refractivity contribution in [3.63, 3.8) is 0 Å². The number of benzene rings is 1. The average Bonchev–Trinajstić information content (AvgIpc) is 3.34. The van der Waals surface area contributed by atoms with E-state index in [0.717, 1.165) is 23.9 Å². The van der Waals surface area contributed by atoms with Crippen LogP contribution in [0, 0.1) is 23.0 Å². The Kier molecular flexibility index (Phi) is 5.82. The Bertz CT molecular complexity index is 1240. The lowest BCUT2D eigenvalue weighted by atomic mass is 9.97. The third-order valence-corrected chi connectivity index (χ3v) is 5.73. The maximum absolute atomic E-state index is 14.1. The quantitative estimate of drug-likeness (QED) is 0.616. The van der Waals surface area contributed by atoms with Gasteiger partial charge < -0.3 is 16.0 Å². The van der Waals surface area contributed by atoms with E-state index in [1.54, 1.807) is 24.0 Å². The molecular weight excluding hydrogens is 428 g/mol. The second-order valence-electron chi connectivity index (χ2n) is 8.47. The number of carbonyl (C=O) groups is 1. The number of nitrogens with zero attached hydrogens (tertiary/aromatic N) is 5. The molecule has 1 aliphatic rings. The third kappa shape index (κ3) is 4.54. The molecule has 0 spiro atoms. The van der Waals surface area contributed by atoms with Crippen molar-refractivity contribution in [3.8, 4) is 17.2 Å². The van der Waals surface area contributed by atoms with Gasteiger partial charge in [0.25, 0.3) is 5.91 Å². The minimum absolute atomic E-state index is 0.0381. The number of hydrogen-bond acceptors (Lipinski definition) is 6. The largest absolute Gasteiger partial charge is 0.368 e. The monoisotopic (exact) mass is 451 g/mol. The number of pyridine rings is 1. The van der Waals surface area contributed by atoms with E-state index < -0.39 is 23.1 Å². The Labute approximate surface area is 189 Å². The number of aryl methyl sites for hydroxylation is 1. The van der Waals surface area contributed by atoms with Gasteiger partial charge in [-0.05, 0) is 37.1 Å². The SMILES string of the molecule is Cn1nccc1CNC(=O)c1cnc(C#N)c(-c2cc(F)cc(F)c2)c1N1CC[C@](C)(N)C1. The van der Waals surface area contributed by atoms with Crippen LogP contribution in [0.3, 0.4) is 0 Å². The van der Waals surface area contributed by atoms with Crippen LogP contribution < -0.4 is 16.0 Å². The Morgan fingerprint density at radius 1 is 1.33 bits per heavy atom. The summed E-state index contributed by atoms with van der Waals surface area (Å²) in [6.45, 7) is 3.01. The average molecular weight is 451 g/mol. The predicted octanol–water partition coefficient (Wildman–Crippen LogP) is 2.49. The number of amides is 1. The lowest BCUT2D eigenvalue weighted by Gasteiger charge is -2.27. The molecule has 4 rings (SSSR count). The van der Waals surface area contributed by atoms with Crippen molar-refractivity contribution >= 4 is 11.6 Å². The summed E-state index contributed by atoms with van der Waals surface area (Å²) in [7, 11) is 1.76. The molecule has 0 aliphatic carbocycles. The second-order valence-corrected chi connectivity index (χ2v) is 8.47. The summed E-state index contributed by atoms with van der Waals surface area (Å²) in [4.78, 5) is 19.3. The maximum atomic E-state index is 14.1. The van der Waals surface area contributed by atoms with Gasteiger partial charge in [0.15, 0.2) is 0 Å². The lowest BCUT2D eigenvalue weighted by molar-refractivity contribution is 0.0950. The molecule has 0 radical (unpaired) electrons. The molecule has 1 amide bonds. The Hall–Kier alpha value is -3.84. The van der Waals surface area contributed by atoms with Gasteiger partial charge in [0.05, 0.1) is 23.5 Å². The first-order valence-electron chi connectivity index (χ1n) is 10.4. The van der Waals surface area contributed by atoms with E-state index in [0.29, 0.717) is 25.2 Å². The van der Waals surface area contributed by atoms with Crippen molar-refractivity contribution < 1.29 is 13.6 Å². The molecule has 3 N–H and O–H groups in total. The molecule has 1 aromatic carbocycles. The molecule has 1 atom stereocenters. The van der Waals surface area contributed by atoms with Crippen LogP contribution in [0.4, 0.5) is 14.5 Å². The van der Waals surface area contributed by atoms with Crippen LogP contribution in [-0.2, 0) is 13.6 Å². The smallest absolute Gasteiger partial charge is 0.255 e. The molecule has 0 bridgehead atoms. The highest BCUT2D eigenvalue weighted by atomic mass is 19.1. The summed E-state index contributed by atoms with van der Waals surface area (Å²) >= 11 is 0. The standard InChI is InChI=1S/C23H23F2N7O/c1-23(27)4-6-32(13-23)21-18(22(33)29-11-17-3-5-30-31(17)2)12-28-19(10-26)20(21)14-7-15(24)9-16(25)8-14/h3,5,7-9,12H,4,6,11,13,27H2,1-2H3,(H,29,33)/t23-/m0/s1. The zero-order valence-corrected chi connectivity index (χ0v) is 18.3. The van der Waals surface area contributed by atoms with E-state index in [9.17, 15) is 18.8 Å². The number of aromatic nitrogens is 3. The fraction of sp³-hybridized carbons (Fsp3) is 0.304. The highest BCUT2D eigenvalue weighted by molar-refractivity contribution is 6.04. The van der Waals surface area contributed by atoms with Gasteiger partial charge in [-0.2, -0.15) is 10.4 Å². The highest BCUT2D eigenvalue weighted by Gasteiger charge is 2.34. The zero-order chi connectivity index (χ0) is 23.8. The van der Waals surface area contributed by atoms with Crippen molar-refractivity contribution in [1.29, 1.82) is 5.26 Å². The van der Waals surface area contributed by atoms with Crippen LogP contribution >= 0.6 is 0 Å². The van der Waals surface area contributed by atoms with E-state index in [1.807, 2.05) is 17.9 Å². The summed E-state index contributed by atoms with van der Waals surface area (Å²) in [5.41, 5.74) is 7.44. The molecule has 0 saturated carbocycles. The zero-order valence-electron chi connectivity index (χ0n) is 18.3. The van der Waals surface area contributed by atoms with Crippen LogP contribution in [0.5, 0.6) is 0 Å². The summed E-state index contributed by atoms with van der Waals surface area (Å²) in [5, 5.41) is 16.6. The van der Waals surface area contributed by atoms with Crippen molar-refractivity contribution in [3.05, 3.63) is 65.2 Å². The van der Waals surface area contributed by atoms with Gasteiger partial charge >= 0.3 is 0 Å². The van der Waals surface area contributed by atoms with Gasteiger partial charge in [-0.15, -0.1) is 0 Å². The van der Waals surface area contributed by atoms with Crippen molar-refractivity contribution in [1.82, 2.24) is 20.1 Å². The molecule has 3 aromatic rings. The van der Waals surface area contributed by atoms with Crippen LogP contribution in [0.1, 0.15) is 35.1 Å². The van der Waals surface area contributed by atoms with Crippen LogP contribution in [0.15, 0.2) is 36.7 Å². The number of nitrogens with one attached hydrogen (secondary N) is 1. The van der Waals surface area contributed by atoms with E-state index in [4.69, 9.17) is 5.73 Å². The Balaban J connectivity index is 1.85. The number of anilines is 1. The van der Waals surface area contributed by atoms with Crippen LogP contribution in [-0.4, -0.2) is 39.3 Å². The summed E-state index contributed by atoms with van der Waals surface area (Å²) < 4.78 is 29.8. The highest BCUT2D eigenvalue weighted by Crippen LogP contribution is 2.39. The van der Waals surface area contributed by atoms with E-state index in [-0.39, 0.29) is 28.9 Å². The molecule has 3 heterocycles. The molecule has 1 saturated heterocycles. The van der Waals surface area contributed by atoms with Crippen molar-refractivity contribution in [2.24, 2.45) is 12.8 Å². The molecule has 33 heavy (non-hydrogen) atoms.